The van der Waals surface area contributed by atoms with Gasteiger partial charge in [0.1, 0.15) is 11.4 Å². The van der Waals surface area contributed by atoms with Gasteiger partial charge in [-0.25, -0.2) is 9.78 Å². The van der Waals surface area contributed by atoms with E-state index >= 15 is 0 Å². The summed E-state index contributed by atoms with van der Waals surface area (Å²) < 4.78 is 7.50. The second kappa shape index (κ2) is 9.28. The number of nitrogens with zero attached hydrogens (tertiary/aromatic N) is 2. The van der Waals surface area contributed by atoms with E-state index in [4.69, 9.17) is 16.3 Å². The summed E-state index contributed by atoms with van der Waals surface area (Å²) in [4.78, 5) is 16.3. The van der Waals surface area contributed by atoms with Gasteiger partial charge in [0.05, 0.1) is 23.9 Å². The highest BCUT2D eigenvalue weighted by Crippen LogP contribution is 2.12. The van der Waals surface area contributed by atoms with Gasteiger partial charge in [-0.2, -0.15) is 0 Å². The van der Waals surface area contributed by atoms with E-state index in [0.717, 1.165) is 29.9 Å². The Kier molecular flexibility index (Phi) is 6.54. The molecule has 1 aromatic carbocycles. The van der Waals surface area contributed by atoms with Crippen LogP contribution in [0, 0.1) is 6.92 Å². The first kappa shape index (κ1) is 19.0. The second-order valence-electron chi connectivity index (χ2n) is 6.32. The molecule has 0 saturated heterocycles. The number of aryl methyl sites for hydroxylation is 1. The summed E-state index contributed by atoms with van der Waals surface area (Å²) in [5, 5.41) is 6.29. The summed E-state index contributed by atoms with van der Waals surface area (Å²) >= 11 is 5.95. The van der Waals surface area contributed by atoms with Crippen LogP contribution in [0.5, 0.6) is 5.75 Å². The lowest BCUT2D eigenvalue weighted by Gasteiger charge is -2.08. The van der Waals surface area contributed by atoms with Crippen molar-refractivity contribution in [2.24, 2.45) is 0 Å². The molecule has 0 aliphatic carbocycles. The molecule has 0 fully saturated rings. The number of rotatable bonds is 8. The molecule has 0 unspecified atom stereocenters. The Morgan fingerprint density at radius 3 is 2.74 bits per heavy atom. The van der Waals surface area contributed by atoms with E-state index in [1.165, 1.54) is 5.56 Å². The van der Waals surface area contributed by atoms with Crippen LogP contribution in [0.25, 0.3) is 5.65 Å². The first-order valence-corrected chi connectivity index (χ1v) is 9.32. The van der Waals surface area contributed by atoms with Crippen molar-refractivity contribution in [1.82, 2.24) is 20.0 Å². The SMILES string of the molecule is Cc1ccc(OCCCCNC(=O)NCc2cn3cc(Cl)ccc3n2)cc1. The van der Waals surface area contributed by atoms with Gasteiger partial charge >= 0.3 is 6.03 Å². The van der Waals surface area contributed by atoms with Gasteiger partial charge in [-0.3, -0.25) is 0 Å². The number of hydrogen-bond donors (Lipinski definition) is 2. The number of benzene rings is 1. The number of urea groups is 1. The Morgan fingerprint density at radius 2 is 1.93 bits per heavy atom. The zero-order valence-corrected chi connectivity index (χ0v) is 16.0. The molecule has 0 saturated carbocycles. The Labute approximate surface area is 163 Å². The molecule has 2 amide bonds. The maximum absolute atomic E-state index is 11.9. The number of carbonyl (C=O) groups is 1. The molecule has 0 atom stereocenters. The largest absolute Gasteiger partial charge is 0.494 e. The third-order valence-corrected chi connectivity index (χ3v) is 4.26. The molecule has 0 aliphatic rings. The molecule has 2 aromatic heterocycles. The van der Waals surface area contributed by atoms with Crippen molar-refractivity contribution in [3.63, 3.8) is 0 Å². The van der Waals surface area contributed by atoms with Crippen molar-refractivity contribution in [3.8, 4) is 5.75 Å². The van der Waals surface area contributed by atoms with Gasteiger partial charge in [-0.15, -0.1) is 0 Å². The van der Waals surface area contributed by atoms with E-state index in [1.807, 2.05) is 47.9 Å². The number of unbranched alkanes of at least 4 members (excludes halogenated alkanes) is 1. The topological polar surface area (TPSA) is 67.7 Å². The van der Waals surface area contributed by atoms with E-state index in [0.29, 0.717) is 24.7 Å². The van der Waals surface area contributed by atoms with Crippen molar-refractivity contribution < 1.29 is 9.53 Å². The summed E-state index contributed by atoms with van der Waals surface area (Å²) in [6, 6.07) is 11.4. The number of pyridine rings is 1. The number of aromatic nitrogens is 2. The minimum Gasteiger partial charge on any atom is -0.494 e. The molecule has 3 aromatic rings. The van der Waals surface area contributed by atoms with Crippen molar-refractivity contribution in [2.75, 3.05) is 13.2 Å². The Morgan fingerprint density at radius 1 is 1.11 bits per heavy atom. The maximum Gasteiger partial charge on any atom is 0.315 e. The first-order valence-electron chi connectivity index (χ1n) is 8.94. The van der Waals surface area contributed by atoms with Crippen LogP contribution in [-0.4, -0.2) is 28.6 Å². The Hall–Kier alpha value is -2.73. The van der Waals surface area contributed by atoms with E-state index < -0.39 is 0 Å². The molecule has 7 heteroatoms. The number of halogens is 1. The molecule has 0 spiro atoms. The molecule has 0 radical (unpaired) electrons. The average molecular weight is 387 g/mol. The molecule has 0 bridgehead atoms. The predicted molar refractivity (Wildman–Crippen MR) is 106 cm³/mol. The van der Waals surface area contributed by atoms with Gasteiger partial charge in [0.2, 0.25) is 0 Å². The molecule has 2 N–H and O–H groups in total. The molecule has 142 valence electrons. The number of amides is 2. The fraction of sp³-hybridized carbons (Fsp3) is 0.300. The molecule has 6 nitrogen and oxygen atoms in total. The molecule has 2 heterocycles. The lowest BCUT2D eigenvalue weighted by atomic mass is 10.2. The number of imidazole rings is 1. The minimum atomic E-state index is -0.204. The third kappa shape index (κ3) is 5.89. The first-order chi connectivity index (χ1) is 13.1. The Balaban J connectivity index is 1.29. The quantitative estimate of drug-likeness (QED) is 0.576. The summed E-state index contributed by atoms with van der Waals surface area (Å²) in [7, 11) is 0. The van der Waals surface area contributed by atoms with Crippen LogP contribution in [0.1, 0.15) is 24.1 Å². The van der Waals surface area contributed by atoms with Gasteiger partial charge < -0.3 is 19.8 Å². The van der Waals surface area contributed by atoms with Crippen molar-refractivity contribution in [1.29, 1.82) is 0 Å². The van der Waals surface area contributed by atoms with Crippen molar-refractivity contribution >= 4 is 23.3 Å². The van der Waals surface area contributed by atoms with E-state index in [-0.39, 0.29) is 6.03 Å². The van der Waals surface area contributed by atoms with Crippen LogP contribution in [0.4, 0.5) is 4.79 Å². The second-order valence-corrected chi connectivity index (χ2v) is 6.76. The smallest absolute Gasteiger partial charge is 0.315 e. The predicted octanol–water partition coefficient (Wildman–Crippen LogP) is 3.95. The van der Waals surface area contributed by atoms with Crippen LogP contribution in [0.3, 0.4) is 0 Å². The summed E-state index contributed by atoms with van der Waals surface area (Å²) in [6.07, 6.45) is 5.36. The zero-order valence-electron chi connectivity index (χ0n) is 15.2. The van der Waals surface area contributed by atoms with Crippen LogP contribution in [0.2, 0.25) is 5.02 Å². The van der Waals surface area contributed by atoms with Crippen LogP contribution >= 0.6 is 11.6 Å². The normalized spacial score (nSPS) is 10.7. The minimum absolute atomic E-state index is 0.204. The van der Waals surface area contributed by atoms with Gasteiger partial charge in [-0.05, 0) is 44.0 Å². The summed E-state index contributed by atoms with van der Waals surface area (Å²) in [5.74, 6) is 0.875. The zero-order chi connectivity index (χ0) is 19.1. The van der Waals surface area contributed by atoms with Gasteiger partial charge in [0.25, 0.3) is 0 Å². The van der Waals surface area contributed by atoms with E-state index in [2.05, 4.69) is 15.6 Å². The van der Waals surface area contributed by atoms with Crippen LogP contribution in [0.15, 0.2) is 48.8 Å². The van der Waals surface area contributed by atoms with Crippen LogP contribution < -0.4 is 15.4 Å². The molecule has 0 aliphatic heterocycles. The van der Waals surface area contributed by atoms with Gasteiger partial charge in [-0.1, -0.05) is 29.3 Å². The monoisotopic (exact) mass is 386 g/mol. The molecular weight excluding hydrogens is 364 g/mol. The van der Waals surface area contributed by atoms with Gasteiger partial charge in [0.15, 0.2) is 0 Å². The van der Waals surface area contributed by atoms with E-state index in [9.17, 15) is 4.79 Å². The summed E-state index contributed by atoms with van der Waals surface area (Å²) in [5.41, 5.74) is 2.79. The fourth-order valence-electron chi connectivity index (χ4n) is 2.59. The number of ether oxygens (including phenoxy) is 1. The summed E-state index contributed by atoms with van der Waals surface area (Å²) in [6.45, 7) is 3.65. The number of carbonyl (C=O) groups excluding carboxylic acids is 1. The average Bonchev–Trinajstić information content (AvgIpc) is 3.06. The number of nitrogens with one attached hydrogen (secondary N) is 2. The standard InChI is InChI=1S/C20H23ClN4O2/c1-15-4-7-18(8-5-15)27-11-3-2-10-22-20(26)23-12-17-14-25-13-16(21)6-9-19(25)24-17/h4-9,13-14H,2-3,10-12H2,1H3,(H2,22,23,26). The van der Waals surface area contributed by atoms with Gasteiger partial charge in [0, 0.05) is 18.9 Å². The van der Waals surface area contributed by atoms with Crippen molar-refractivity contribution in [3.05, 3.63) is 65.1 Å². The molecular formula is C20H23ClN4O2. The highest BCUT2D eigenvalue weighted by atomic mass is 35.5. The lowest BCUT2D eigenvalue weighted by Crippen LogP contribution is -2.35. The Bertz CT molecular complexity index is 893. The molecule has 3 rings (SSSR count). The highest BCUT2D eigenvalue weighted by Gasteiger charge is 2.04. The third-order valence-electron chi connectivity index (χ3n) is 4.04. The number of fused-ring (bicyclic) bond motifs is 1. The molecule has 27 heavy (non-hydrogen) atoms. The highest BCUT2D eigenvalue weighted by molar-refractivity contribution is 6.30. The maximum atomic E-state index is 11.9. The lowest BCUT2D eigenvalue weighted by molar-refractivity contribution is 0.239. The van der Waals surface area contributed by atoms with E-state index in [1.54, 1.807) is 12.3 Å². The number of hydrogen-bond acceptors (Lipinski definition) is 3. The fourth-order valence-corrected chi connectivity index (χ4v) is 2.76. The van der Waals surface area contributed by atoms with Crippen LogP contribution in [-0.2, 0) is 6.54 Å². The van der Waals surface area contributed by atoms with Crippen molar-refractivity contribution in [2.45, 2.75) is 26.3 Å².